The second kappa shape index (κ2) is 13.9. The summed E-state index contributed by atoms with van der Waals surface area (Å²) in [5, 5.41) is 34.2. The van der Waals surface area contributed by atoms with Crippen molar-refractivity contribution in [3.8, 4) is 5.75 Å². The van der Waals surface area contributed by atoms with Crippen LogP contribution in [0.25, 0.3) is 16.5 Å². The summed E-state index contributed by atoms with van der Waals surface area (Å²) in [6.45, 7) is 2.34. The summed E-state index contributed by atoms with van der Waals surface area (Å²) >= 11 is 2.57. The molecule has 1 atom stereocenters. The van der Waals surface area contributed by atoms with Gasteiger partial charge in [-0.25, -0.2) is 0 Å². The summed E-state index contributed by atoms with van der Waals surface area (Å²) in [4.78, 5) is 39.7. The normalized spacial score (nSPS) is 15.5. The van der Waals surface area contributed by atoms with Crippen molar-refractivity contribution in [2.75, 3.05) is 4.90 Å². The fourth-order valence-electron chi connectivity index (χ4n) is 5.90. The quantitative estimate of drug-likeness (QED) is 0.0284. The molecule has 0 bridgehead atoms. The van der Waals surface area contributed by atoms with Gasteiger partial charge in [0.1, 0.15) is 18.1 Å². The number of carbonyl (C=O) groups excluding carboxylic acids is 2. The molecule has 6 aromatic rings. The van der Waals surface area contributed by atoms with Gasteiger partial charge in [0.2, 0.25) is 5.13 Å². The van der Waals surface area contributed by atoms with E-state index in [0.29, 0.717) is 22.4 Å². The van der Waals surface area contributed by atoms with E-state index in [1.54, 1.807) is 30.3 Å². The topological polar surface area (TPSA) is 136 Å². The number of benzene rings is 5. The molecule has 0 radical (unpaired) electrons. The van der Waals surface area contributed by atoms with E-state index in [1.165, 1.54) is 30.0 Å². The van der Waals surface area contributed by atoms with Crippen LogP contribution in [0.3, 0.4) is 0 Å². The molecule has 1 N–H and O–H groups in total. The second-order valence-electron chi connectivity index (χ2n) is 11.6. The number of hydrogen-bond acceptors (Lipinski definition) is 10. The number of nitro benzene ring substituents is 1. The Morgan fingerprint density at radius 3 is 2.50 bits per heavy atom. The van der Waals surface area contributed by atoms with Crippen molar-refractivity contribution in [1.82, 2.24) is 10.2 Å². The molecule has 5 aromatic carbocycles. The first-order valence-electron chi connectivity index (χ1n) is 15.5. The average molecular weight is 701 g/mol. The number of ketones is 1. The Morgan fingerprint density at radius 2 is 1.70 bits per heavy atom. The van der Waals surface area contributed by atoms with E-state index >= 15 is 0 Å². The fourth-order valence-corrected chi connectivity index (χ4v) is 7.77. The third-order valence-electron chi connectivity index (χ3n) is 8.29. The number of rotatable bonds is 10. The maximum absolute atomic E-state index is 13.7. The largest absolute Gasteiger partial charge is 0.507 e. The minimum atomic E-state index is -1.20. The first-order chi connectivity index (χ1) is 24.3. The molecule has 1 aromatic heterocycles. The summed E-state index contributed by atoms with van der Waals surface area (Å²) in [7, 11) is 0. The van der Waals surface area contributed by atoms with Gasteiger partial charge in [-0.15, -0.1) is 10.2 Å². The number of aliphatic hydroxyl groups excluding tert-OH is 1. The van der Waals surface area contributed by atoms with Gasteiger partial charge >= 0.3 is 5.91 Å². The Labute approximate surface area is 294 Å². The van der Waals surface area contributed by atoms with Crippen LogP contribution < -0.4 is 9.64 Å². The molecule has 7 rings (SSSR count). The monoisotopic (exact) mass is 700 g/mol. The number of aryl methyl sites for hydroxylation is 1. The van der Waals surface area contributed by atoms with Crippen molar-refractivity contribution in [3.05, 3.63) is 159 Å². The third-order valence-corrected chi connectivity index (χ3v) is 10.4. The maximum atomic E-state index is 13.7. The van der Waals surface area contributed by atoms with Gasteiger partial charge in [0.25, 0.3) is 11.5 Å². The lowest BCUT2D eigenvalue weighted by molar-refractivity contribution is -0.384. The highest BCUT2D eigenvalue weighted by Crippen LogP contribution is 2.45. The van der Waals surface area contributed by atoms with Crippen LogP contribution in [-0.4, -0.2) is 31.9 Å². The van der Waals surface area contributed by atoms with Gasteiger partial charge in [-0.1, -0.05) is 108 Å². The van der Waals surface area contributed by atoms with E-state index in [2.05, 4.69) is 16.3 Å². The van der Waals surface area contributed by atoms with E-state index in [-0.39, 0.29) is 27.5 Å². The molecule has 0 saturated carbocycles. The number of amides is 1. The molecule has 1 unspecified atom stereocenters. The van der Waals surface area contributed by atoms with Crippen LogP contribution in [-0.2, 0) is 21.9 Å². The van der Waals surface area contributed by atoms with Crippen molar-refractivity contribution in [2.45, 2.75) is 29.7 Å². The van der Waals surface area contributed by atoms with E-state index in [0.717, 1.165) is 43.7 Å². The van der Waals surface area contributed by atoms with Crippen molar-refractivity contribution in [3.63, 3.8) is 0 Å². The van der Waals surface area contributed by atoms with E-state index in [4.69, 9.17) is 4.74 Å². The number of aliphatic hydroxyl groups is 1. The Kier molecular flexibility index (Phi) is 9.11. The van der Waals surface area contributed by atoms with Gasteiger partial charge in [-0.2, -0.15) is 0 Å². The van der Waals surface area contributed by atoms with Gasteiger partial charge in [0.15, 0.2) is 4.34 Å². The van der Waals surface area contributed by atoms with Crippen LogP contribution in [0.2, 0.25) is 0 Å². The molecule has 1 aliphatic heterocycles. The smallest absolute Gasteiger partial charge is 0.301 e. The molecule has 1 amide bonds. The zero-order chi connectivity index (χ0) is 34.8. The van der Waals surface area contributed by atoms with Gasteiger partial charge in [-0.3, -0.25) is 24.6 Å². The standard InChI is InChI=1S/C38H28N4O6S2/c1-23-7-4-8-24(19-23)21-48-30-17-15-26(16-18-30)34(43)32-33(27-11-6-13-29(20-27)42(46)47)41(36(45)35(32)44)37-39-40-38(50-37)49-22-28-12-5-10-25-9-2-3-14-31(25)28/h2-20,33,43H,21-22H2,1H3. The first kappa shape index (κ1) is 32.7. The van der Waals surface area contributed by atoms with Crippen molar-refractivity contribution < 1.29 is 24.4 Å². The Hall–Kier alpha value is -5.85. The highest BCUT2D eigenvalue weighted by atomic mass is 32.2. The number of hydrogen-bond donors (Lipinski definition) is 1. The fraction of sp³-hybridized carbons (Fsp3) is 0.105. The highest BCUT2D eigenvalue weighted by molar-refractivity contribution is 8.00. The molecule has 1 fully saturated rings. The van der Waals surface area contributed by atoms with E-state index < -0.39 is 28.4 Å². The third kappa shape index (κ3) is 6.58. The van der Waals surface area contributed by atoms with Crippen molar-refractivity contribution >= 4 is 62.1 Å². The van der Waals surface area contributed by atoms with Crippen molar-refractivity contribution in [1.29, 1.82) is 0 Å². The lowest BCUT2D eigenvalue weighted by Gasteiger charge is -2.22. The van der Waals surface area contributed by atoms with Crippen molar-refractivity contribution in [2.24, 2.45) is 0 Å². The van der Waals surface area contributed by atoms with E-state index in [9.17, 15) is 24.8 Å². The van der Waals surface area contributed by atoms with Crippen LogP contribution in [0.15, 0.2) is 125 Å². The minimum absolute atomic E-state index is 0.128. The van der Waals surface area contributed by atoms with Gasteiger partial charge in [0, 0.05) is 23.4 Å². The summed E-state index contributed by atoms with van der Waals surface area (Å²) < 4.78 is 6.47. The predicted octanol–water partition coefficient (Wildman–Crippen LogP) is 8.41. The Morgan fingerprint density at radius 1 is 0.940 bits per heavy atom. The van der Waals surface area contributed by atoms with Gasteiger partial charge < -0.3 is 9.84 Å². The molecule has 1 saturated heterocycles. The molecular weight excluding hydrogens is 673 g/mol. The number of anilines is 1. The molecule has 0 aliphatic carbocycles. The lowest BCUT2D eigenvalue weighted by atomic mass is 9.95. The molecular formula is C38H28N4O6S2. The molecule has 12 heteroatoms. The minimum Gasteiger partial charge on any atom is -0.507 e. The summed E-state index contributed by atoms with van der Waals surface area (Å²) in [5.41, 5.74) is 3.30. The predicted molar refractivity (Wildman–Crippen MR) is 193 cm³/mol. The number of nitro groups is 1. The lowest BCUT2D eigenvalue weighted by Crippen LogP contribution is -2.29. The molecule has 50 heavy (non-hydrogen) atoms. The summed E-state index contributed by atoms with van der Waals surface area (Å²) in [6, 6.07) is 33.1. The second-order valence-corrected chi connectivity index (χ2v) is 13.8. The SMILES string of the molecule is Cc1cccc(COc2ccc(C(O)=C3C(=O)C(=O)N(c4nnc(SCc5cccc6ccccc56)s4)C3c3cccc([N+](=O)[O-])c3)cc2)c1. The Bertz CT molecular complexity index is 2300. The molecule has 2 heterocycles. The number of Topliss-reactive ketones (excluding diaryl/α,β-unsaturated/α-hetero) is 1. The number of non-ortho nitro benzene ring substituents is 1. The van der Waals surface area contributed by atoms with Crippen LogP contribution >= 0.6 is 23.1 Å². The number of thioether (sulfide) groups is 1. The zero-order valence-corrected chi connectivity index (χ0v) is 28.2. The van der Waals surface area contributed by atoms with Crippen LogP contribution in [0.4, 0.5) is 10.8 Å². The number of aromatic nitrogens is 2. The Balaban J connectivity index is 1.20. The van der Waals surface area contributed by atoms with Crippen LogP contribution in [0.5, 0.6) is 5.75 Å². The molecule has 0 spiro atoms. The molecule has 1 aliphatic rings. The molecule has 10 nitrogen and oxygen atoms in total. The number of nitrogens with zero attached hydrogens (tertiary/aromatic N) is 4. The maximum Gasteiger partial charge on any atom is 0.301 e. The van der Waals surface area contributed by atoms with Gasteiger partial charge in [0.05, 0.1) is 16.5 Å². The summed E-state index contributed by atoms with van der Waals surface area (Å²) in [6.07, 6.45) is 0. The zero-order valence-electron chi connectivity index (χ0n) is 26.6. The number of carbonyl (C=O) groups is 2. The van der Waals surface area contributed by atoms with Crippen LogP contribution in [0, 0.1) is 17.0 Å². The first-order valence-corrected chi connectivity index (χ1v) is 17.3. The number of fused-ring (bicyclic) bond motifs is 1. The number of ether oxygens (including phenoxy) is 1. The van der Waals surface area contributed by atoms with Crippen LogP contribution in [0.1, 0.15) is 33.9 Å². The van der Waals surface area contributed by atoms with Gasteiger partial charge in [-0.05, 0) is 58.7 Å². The summed E-state index contributed by atoms with van der Waals surface area (Å²) in [5.74, 6) is -1.17. The highest BCUT2D eigenvalue weighted by Gasteiger charge is 2.48. The average Bonchev–Trinajstić information content (AvgIpc) is 3.71. The van der Waals surface area contributed by atoms with E-state index in [1.807, 2.05) is 67.6 Å². The molecule has 248 valence electrons.